The molecule has 1 fully saturated rings. The van der Waals surface area contributed by atoms with Crippen molar-refractivity contribution >= 4 is 50.9 Å². The highest BCUT2D eigenvalue weighted by Gasteiger charge is 2.41. The molecule has 0 spiro atoms. The average Bonchev–Trinajstić information content (AvgIpc) is 3.49. The van der Waals surface area contributed by atoms with Crippen molar-refractivity contribution in [3.05, 3.63) is 52.5 Å². The summed E-state index contributed by atoms with van der Waals surface area (Å²) in [7, 11) is -3.88. The van der Waals surface area contributed by atoms with Gasteiger partial charge in [0, 0.05) is 37.8 Å². The maximum Gasteiger partial charge on any atom is 0.241 e. The number of aliphatic imine (C=N–C) groups is 2. The van der Waals surface area contributed by atoms with Gasteiger partial charge in [0.2, 0.25) is 27.6 Å². The fourth-order valence-electron chi connectivity index (χ4n) is 4.62. The van der Waals surface area contributed by atoms with Crippen molar-refractivity contribution in [1.29, 1.82) is 0 Å². The van der Waals surface area contributed by atoms with Crippen LogP contribution in [0.4, 0.5) is 0 Å². The summed E-state index contributed by atoms with van der Waals surface area (Å²) >= 11 is 1.15. The maximum atomic E-state index is 13.6. The van der Waals surface area contributed by atoms with Gasteiger partial charge in [0.1, 0.15) is 6.04 Å². The number of nitrogens with one attached hydrogen (secondary N) is 1. The summed E-state index contributed by atoms with van der Waals surface area (Å²) in [5, 5.41) is 4.60. The Hall–Kier alpha value is -4.09. The van der Waals surface area contributed by atoms with E-state index >= 15 is 0 Å². The van der Waals surface area contributed by atoms with E-state index in [1.807, 2.05) is 0 Å². The minimum atomic E-state index is -3.88. The van der Waals surface area contributed by atoms with Gasteiger partial charge in [0.05, 0.1) is 18.3 Å². The Morgan fingerprint density at radius 2 is 1.72 bits per heavy atom. The van der Waals surface area contributed by atoms with Crippen LogP contribution in [0.1, 0.15) is 41.0 Å². The predicted molar refractivity (Wildman–Crippen MR) is 164 cm³/mol. The second-order valence-electron chi connectivity index (χ2n) is 9.85. The lowest BCUT2D eigenvalue weighted by Crippen LogP contribution is -2.60. The molecule has 1 aliphatic heterocycles. The van der Waals surface area contributed by atoms with Crippen molar-refractivity contribution in [2.75, 3.05) is 32.7 Å². The summed E-state index contributed by atoms with van der Waals surface area (Å²) in [4.78, 5) is 53.0. The van der Waals surface area contributed by atoms with Gasteiger partial charge < -0.3 is 33.2 Å². The molecule has 1 aromatic heterocycles. The molecule has 0 bridgehead atoms. The van der Waals surface area contributed by atoms with Crippen molar-refractivity contribution in [3.63, 3.8) is 0 Å². The largest absolute Gasteiger partial charge is 0.370 e. The Kier molecular flexibility index (Phi) is 12.4. The van der Waals surface area contributed by atoms with Gasteiger partial charge in [-0.25, -0.2) is 13.4 Å². The van der Waals surface area contributed by atoms with Crippen LogP contribution in [0.5, 0.6) is 0 Å². The predicted octanol–water partition coefficient (Wildman–Crippen LogP) is -1.04. The SMILES string of the molecule is NC(N)=NCCC[C@H](NC(=O)CN1CCN(S(=O)(=O)Cc2ccccc2)[C@H](CCCN=C(N)N)C1=O)C(=O)c1nccs1. The number of sulfonamides is 1. The normalized spacial score (nSPS) is 16.3. The van der Waals surface area contributed by atoms with E-state index in [4.69, 9.17) is 22.9 Å². The number of rotatable bonds is 16. The lowest BCUT2D eigenvalue weighted by molar-refractivity contribution is -0.142. The Bertz CT molecular complexity index is 1390. The molecule has 1 saturated heterocycles. The quantitative estimate of drug-likeness (QED) is 0.0649. The zero-order chi connectivity index (χ0) is 31.4. The fourth-order valence-corrected chi connectivity index (χ4v) is 6.97. The summed E-state index contributed by atoms with van der Waals surface area (Å²) in [6.07, 6.45) is 2.64. The summed E-state index contributed by atoms with van der Waals surface area (Å²) in [5.41, 5.74) is 22.1. The van der Waals surface area contributed by atoms with Crippen LogP contribution in [0.25, 0.3) is 0 Å². The van der Waals surface area contributed by atoms with Crippen molar-refractivity contribution in [2.24, 2.45) is 32.9 Å². The average molecular weight is 635 g/mol. The number of benzene rings is 1. The smallest absolute Gasteiger partial charge is 0.241 e. The lowest BCUT2D eigenvalue weighted by atomic mass is 10.1. The third-order valence-corrected chi connectivity index (χ3v) is 9.23. The first-order valence-corrected chi connectivity index (χ1v) is 16.1. The molecule has 0 radical (unpaired) electrons. The highest BCUT2D eigenvalue weighted by Crippen LogP contribution is 2.23. The number of ketones is 1. The molecule has 2 amide bonds. The molecule has 15 nitrogen and oxygen atoms in total. The van der Waals surface area contributed by atoms with E-state index in [2.05, 4.69) is 20.3 Å². The van der Waals surface area contributed by atoms with Crippen molar-refractivity contribution < 1.29 is 22.8 Å². The Balaban J connectivity index is 1.72. The topological polar surface area (TPSA) is 246 Å². The minimum Gasteiger partial charge on any atom is -0.370 e. The molecule has 43 heavy (non-hydrogen) atoms. The molecular formula is C26H38N10O5S2. The van der Waals surface area contributed by atoms with E-state index in [1.54, 1.807) is 35.7 Å². The molecule has 0 aliphatic carbocycles. The first-order chi connectivity index (χ1) is 20.5. The highest BCUT2D eigenvalue weighted by molar-refractivity contribution is 7.88. The number of Topliss-reactive ketones (excluding diaryl/α,β-unsaturated/α-hetero) is 1. The van der Waals surface area contributed by atoms with E-state index in [0.29, 0.717) is 18.4 Å². The van der Waals surface area contributed by atoms with Crippen LogP contribution in [0.15, 0.2) is 51.9 Å². The fraction of sp³-hybridized carbons (Fsp3) is 0.462. The lowest BCUT2D eigenvalue weighted by Gasteiger charge is -2.39. The summed E-state index contributed by atoms with van der Waals surface area (Å²) < 4.78 is 28.0. The Morgan fingerprint density at radius 3 is 2.35 bits per heavy atom. The molecule has 234 valence electrons. The zero-order valence-corrected chi connectivity index (χ0v) is 25.3. The second-order valence-corrected chi connectivity index (χ2v) is 12.7. The van der Waals surface area contributed by atoms with Crippen molar-refractivity contribution in [1.82, 2.24) is 19.5 Å². The highest BCUT2D eigenvalue weighted by atomic mass is 32.2. The van der Waals surface area contributed by atoms with Gasteiger partial charge in [0.25, 0.3) is 0 Å². The number of nitrogens with two attached hydrogens (primary N) is 4. The van der Waals surface area contributed by atoms with Crippen molar-refractivity contribution in [2.45, 2.75) is 43.5 Å². The number of guanidine groups is 2. The van der Waals surface area contributed by atoms with Gasteiger partial charge in [0.15, 0.2) is 16.9 Å². The van der Waals surface area contributed by atoms with Crippen LogP contribution in [-0.4, -0.2) is 96.9 Å². The summed E-state index contributed by atoms with van der Waals surface area (Å²) in [5.74, 6) is -1.91. The second kappa shape index (κ2) is 15.9. The molecule has 2 atom stereocenters. The number of carbonyl (C=O) groups is 3. The standard InChI is InChI=1S/C26H38N10O5S2/c27-25(28)32-10-4-8-19(22(38)23-31-12-15-42-23)34-21(37)16-35-13-14-36(20(24(35)39)9-5-11-33-26(29)30)43(40,41)17-18-6-2-1-3-7-18/h1-3,6-7,12,15,19-20H,4-5,8-11,13-14,16-17H2,(H,34,37)(H4,27,28,32)(H4,29,30,33)/t19-,20+/m0/s1. The van der Waals surface area contributed by atoms with Gasteiger partial charge >= 0.3 is 0 Å². The van der Waals surface area contributed by atoms with E-state index < -0.39 is 33.9 Å². The molecule has 2 aromatic rings. The number of carbonyl (C=O) groups excluding carboxylic acids is 3. The van der Waals surface area contributed by atoms with Gasteiger partial charge in [-0.1, -0.05) is 30.3 Å². The first kappa shape index (κ1) is 33.4. The third kappa shape index (κ3) is 10.3. The van der Waals surface area contributed by atoms with Crippen LogP contribution >= 0.6 is 11.3 Å². The van der Waals surface area contributed by atoms with E-state index in [9.17, 15) is 22.8 Å². The molecule has 3 rings (SSSR count). The van der Waals surface area contributed by atoms with Gasteiger partial charge in [-0.2, -0.15) is 4.31 Å². The maximum absolute atomic E-state index is 13.6. The minimum absolute atomic E-state index is 0.000257. The van der Waals surface area contributed by atoms with Crippen LogP contribution in [0.3, 0.4) is 0 Å². The number of thiazole rings is 1. The molecule has 1 aliphatic rings. The van der Waals surface area contributed by atoms with Crippen LogP contribution < -0.4 is 28.3 Å². The number of amides is 2. The van der Waals surface area contributed by atoms with Gasteiger partial charge in [-0.05, 0) is 31.2 Å². The van der Waals surface area contributed by atoms with Gasteiger partial charge in [-0.15, -0.1) is 11.3 Å². The van der Waals surface area contributed by atoms with E-state index in [0.717, 1.165) is 11.3 Å². The third-order valence-electron chi connectivity index (χ3n) is 6.59. The van der Waals surface area contributed by atoms with Crippen LogP contribution in [-0.2, 0) is 25.4 Å². The monoisotopic (exact) mass is 634 g/mol. The molecule has 0 saturated carbocycles. The summed E-state index contributed by atoms with van der Waals surface area (Å²) in [6, 6.07) is 6.72. The number of hydrogen-bond acceptors (Lipinski definition) is 9. The first-order valence-electron chi connectivity index (χ1n) is 13.6. The molecular weight excluding hydrogens is 596 g/mol. The van der Waals surface area contributed by atoms with E-state index in [-0.39, 0.29) is 74.0 Å². The van der Waals surface area contributed by atoms with Crippen molar-refractivity contribution in [3.8, 4) is 0 Å². The van der Waals surface area contributed by atoms with Crippen LogP contribution in [0.2, 0.25) is 0 Å². The van der Waals surface area contributed by atoms with Gasteiger partial charge in [-0.3, -0.25) is 24.4 Å². The Morgan fingerprint density at radius 1 is 1.05 bits per heavy atom. The number of aromatic nitrogens is 1. The molecule has 1 aromatic carbocycles. The van der Waals surface area contributed by atoms with E-state index in [1.165, 1.54) is 15.4 Å². The number of piperazine rings is 1. The number of nitrogens with zero attached hydrogens (tertiary/aromatic N) is 5. The molecule has 9 N–H and O–H groups in total. The zero-order valence-electron chi connectivity index (χ0n) is 23.7. The summed E-state index contributed by atoms with van der Waals surface area (Å²) in [6.45, 7) is 0.117. The molecule has 17 heteroatoms. The molecule has 2 heterocycles. The number of hydrogen-bond donors (Lipinski definition) is 5. The van der Waals surface area contributed by atoms with Crippen LogP contribution in [0, 0.1) is 0 Å². The molecule has 0 unspecified atom stereocenters. The Labute approximate surface area is 254 Å².